The van der Waals surface area contributed by atoms with Gasteiger partial charge in [0.15, 0.2) is 6.10 Å². The average molecular weight is 891 g/mol. The molecule has 0 aliphatic rings. The van der Waals surface area contributed by atoms with Gasteiger partial charge in [-0.2, -0.15) is 0 Å². The third-order valence-corrected chi connectivity index (χ3v) is 11.3. The minimum absolute atomic E-state index is 0.0951. The molecule has 1 unspecified atom stereocenters. The van der Waals surface area contributed by atoms with Gasteiger partial charge in [0.2, 0.25) is 0 Å². The molecule has 0 bridgehead atoms. The molecule has 0 saturated heterocycles. The number of hydrogen-bond donors (Lipinski definition) is 0. The van der Waals surface area contributed by atoms with E-state index in [0.717, 1.165) is 64.2 Å². The molecule has 0 radical (unpaired) electrons. The van der Waals surface area contributed by atoms with Gasteiger partial charge < -0.3 is 14.2 Å². The molecule has 0 aromatic heterocycles. The number of ether oxygens (including phenoxy) is 3. The Morgan fingerprint density at radius 3 is 1.02 bits per heavy atom. The highest BCUT2D eigenvalue weighted by Gasteiger charge is 2.19. The maximum Gasteiger partial charge on any atom is 0.306 e. The van der Waals surface area contributed by atoms with Crippen molar-refractivity contribution in [2.24, 2.45) is 0 Å². The second-order valence-corrected chi connectivity index (χ2v) is 17.6. The van der Waals surface area contributed by atoms with Crippen molar-refractivity contribution in [3.05, 3.63) is 85.1 Å². The molecule has 0 aromatic rings. The molecule has 0 fully saturated rings. The molecule has 64 heavy (non-hydrogen) atoms. The van der Waals surface area contributed by atoms with Gasteiger partial charge >= 0.3 is 17.9 Å². The second-order valence-electron chi connectivity index (χ2n) is 17.6. The van der Waals surface area contributed by atoms with Gasteiger partial charge in [-0.05, 0) is 64.2 Å². The minimum atomic E-state index is -0.799. The lowest BCUT2D eigenvalue weighted by Gasteiger charge is -2.18. The molecule has 0 heterocycles. The predicted octanol–water partition coefficient (Wildman–Crippen LogP) is 17.6. The molecule has 1 atom stereocenters. The van der Waals surface area contributed by atoms with E-state index in [4.69, 9.17) is 14.2 Å². The Balaban J connectivity index is 4.42. The van der Waals surface area contributed by atoms with Gasteiger partial charge in [0.05, 0.1) is 0 Å². The highest BCUT2D eigenvalue weighted by atomic mass is 16.6. The van der Waals surface area contributed by atoms with Crippen LogP contribution in [-0.4, -0.2) is 37.2 Å². The summed E-state index contributed by atoms with van der Waals surface area (Å²) in [5.74, 6) is -0.943. The summed E-state index contributed by atoms with van der Waals surface area (Å²) in [5, 5.41) is 0. The lowest BCUT2D eigenvalue weighted by atomic mass is 10.1. The highest BCUT2D eigenvalue weighted by Crippen LogP contribution is 2.15. The van der Waals surface area contributed by atoms with Gasteiger partial charge in [0, 0.05) is 19.3 Å². The van der Waals surface area contributed by atoms with Crippen molar-refractivity contribution in [3.63, 3.8) is 0 Å². The van der Waals surface area contributed by atoms with Crippen LogP contribution in [0.25, 0.3) is 0 Å². The Hall–Kier alpha value is -3.41. The monoisotopic (exact) mass is 891 g/mol. The van der Waals surface area contributed by atoms with E-state index in [1.807, 2.05) is 60.8 Å². The first-order valence-electron chi connectivity index (χ1n) is 26.7. The molecule has 0 spiro atoms. The van der Waals surface area contributed by atoms with Crippen LogP contribution in [0.15, 0.2) is 85.1 Å². The van der Waals surface area contributed by atoms with Gasteiger partial charge in [-0.25, -0.2) is 0 Å². The zero-order valence-electron chi connectivity index (χ0n) is 41.8. The van der Waals surface area contributed by atoms with E-state index in [9.17, 15) is 14.4 Å². The van der Waals surface area contributed by atoms with Crippen LogP contribution in [0.5, 0.6) is 0 Å². The molecule has 6 nitrogen and oxygen atoms in total. The van der Waals surface area contributed by atoms with Crippen LogP contribution in [0.1, 0.15) is 245 Å². The van der Waals surface area contributed by atoms with Gasteiger partial charge in [0.25, 0.3) is 0 Å². The summed E-state index contributed by atoms with van der Waals surface area (Å²) in [6.45, 7) is 6.44. The fraction of sp³-hybridized carbons (Fsp3) is 0.707. The Morgan fingerprint density at radius 2 is 0.625 bits per heavy atom. The maximum atomic E-state index is 12.8. The zero-order valence-corrected chi connectivity index (χ0v) is 41.8. The summed E-state index contributed by atoms with van der Waals surface area (Å²) in [7, 11) is 0. The summed E-state index contributed by atoms with van der Waals surface area (Å²) < 4.78 is 16.8. The van der Waals surface area contributed by atoms with E-state index in [0.29, 0.717) is 19.3 Å². The summed E-state index contributed by atoms with van der Waals surface area (Å²) in [6, 6.07) is 0. The van der Waals surface area contributed by atoms with E-state index in [-0.39, 0.29) is 37.5 Å². The van der Waals surface area contributed by atoms with Crippen LogP contribution in [-0.2, 0) is 28.6 Å². The fourth-order valence-electron chi connectivity index (χ4n) is 7.29. The van der Waals surface area contributed by atoms with Gasteiger partial charge in [-0.1, -0.05) is 247 Å². The van der Waals surface area contributed by atoms with E-state index in [1.54, 1.807) is 0 Å². The largest absolute Gasteiger partial charge is 0.462 e. The van der Waals surface area contributed by atoms with E-state index in [2.05, 4.69) is 45.1 Å². The molecule has 366 valence electrons. The normalized spacial score (nSPS) is 12.7. The zero-order chi connectivity index (χ0) is 46.5. The first-order valence-corrected chi connectivity index (χ1v) is 26.7. The quantitative estimate of drug-likeness (QED) is 0.0199. The number of hydrogen-bond acceptors (Lipinski definition) is 6. The van der Waals surface area contributed by atoms with Crippen molar-refractivity contribution in [1.29, 1.82) is 0 Å². The molecule has 0 N–H and O–H groups in total. The SMILES string of the molecule is CC\C=C/C=C\C=C/C=C\C=C\C=C/CCCCCC(=O)OC(COC(=O)CCCCCCCCC/C=C\CCCCCCCCCC)COC(=O)CCCCCCCCCCCC. The summed E-state index contributed by atoms with van der Waals surface area (Å²) in [6.07, 6.45) is 67.1. The van der Waals surface area contributed by atoms with Crippen molar-refractivity contribution < 1.29 is 28.6 Å². The molecule has 0 aliphatic heterocycles. The fourth-order valence-corrected chi connectivity index (χ4v) is 7.29. The van der Waals surface area contributed by atoms with E-state index in [1.165, 1.54) is 135 Å². The van der Waals surface area contributed by atoms with Crippen LogP contribution in [0.4, 0.5) is 0 Å². The third kappa shape index (κ3) is 49.6. The summed E-state index contributed by atoms with van der Waals surface area (Å²) >= 11 is 0. The Kier molecular flexibility index (Phi) is 49.4. The van der Waals surface area contributed by atoms with Crippen molar-refractivity contribution in [2.75, 3.05) is 13.2 Å². The predicted molar refractivity (Wildman–Crippen MR) is 274 cm³/mol. The van der Waals surface area contributed by atoms with Crippen molar-refractivity contribution in [3.8, 4) is 0 Å². The number of rotatable bonds is 47. The third-order valence-electron chi connectivity index (χ3n) is 11.3. The smallest absolute Gasteiger partial charge is 0.306 e. The number of carbonyl (C=O) groups is 3. The highest BCUT2D eigenvalue weighted by molar-refractivity contribution is 5.71. The molecule has 0 amide bonds. The maximum absolute atomic E-state index is 12.8. The molecule has 0 aliphatic carbocycles. The van der Waals surface area contributed by atoms with E-state index < -0.39 is 6.10 Å². The van der Waals surface area contributed by atoms with Crippen molar-refractivity contribution in [2.45, 2.75) is 252 Å². The van der Waals surface area contributed by atoms with Crippen molar-refractivity contribution >= 4 is 17.9 Å². The molecule has 0 saturated carbocycles. The first-order chi connectivity index (χ1) is 31.5. The Morgan fingerprint density at radius 1 is 0.328 bits per heavy atom. The molecular formula is C58H98O6. The van der Waals surface area contributed by atoms with Crippen LogP contribution in [0, 0.1) is 0 Å². The molecule has 0 rings (SSSR count). The minimum Gasteiger partial charge on any atom is -0.462 e. The number of unbranched alkanes of at least 4 members (excludes halogenated alkanes) is 27. The van der Waals surface area contributed by atoms with Gasteiger partial charge in [0.1, 0.15) is 13.2 Å². The van der Waals surface area contributed by atoms with Crippen LogP contribution in [0.2, 0.25) is 0 Å². The van der Waals surface area contributed by atoms with E-state index >= 15 is 0 Å². The lowest BCUT2D eigenvalue weighted by Crippen LogP contribution is -2.30. The van der Waals surface area contributed by atoms with Gasteiger partial charge in [-0.3, -0.25) is 14.4 Å². The van der Waals surface area contributed by atoms with Crippen molar-refractivity contribution in [1.82, 2.24) is 0 Å². The Labute approximate surface area is 395 Å². The molecular weight excluding hydrogens is 793 g/mol. The topological polar surface area (TPSA) is 78.9 Å². The molecule has 6 heteroatoms. The summed E-state index contributed by atoms with van der Waals surface area (Å²) in [5.41, 5.74) is 0. The standard InChI is InChI=1S/C58H98O6/c1-4-7-10-13-16-19-22-24-26-28-29-31-32-34-36-39-42-45-48-51-57(60)63-54-55(53-62-56(59)50-47-44-41-38-21-18-15-12-9-6-3)64-58(61)52-49-46-43-40-37-35-33-30-27-25-23-20-17-14-11-8-5-2/h8,11,14,17,20,23,25,27-30,33,35,37,55H,4-7,9-10,12-13,15-16,18-19,21-22,24,26,31-32,34,36,38-54H2,1-3H3/b11-8-,17-14-,23-20-,27-25-,29-28-,33-30+,37-35-. The number of esters is 3. The number of carbonyl (C=O) groups excluding carboxylic acids is 3. The first kappa shape index (κ1) is 60.6. The summed E-state index contributed by atoms with van der Waals surface area (Å²) in [4.78, 5) is 38.0. The lowest BCUT2D eigenvalue weighted by molar-refractivity contribution is -0.167. The average Bonchev–Trinajstić information content (AvgIpc) is 3.29. The molecule has 0 aromatic carbocycles. The Bertz CT molecular complexity index is 1250. The van der Waals surface area contributed by atoms with Crippen LogP contribution < -0.4 is 0 Å². The number of allylic oxidation sites excluding steroid dienone is 14. The van der Waals surface area contributed by atoms with Gasteiger partial charge in [-0.15, -0.1) is 0 Å². The second kappa shape index (κ2) is 52.2. The van der Waals surface area contributed by atoms with Crippen LogP contribution in [0.3, 0.4) is 0 Å². The van der Waals surface area contributed by atoms with Crippen LogP contribution >= 0.6 is 0 Å².